The summed E-state index contributed by atoms with van der Waals surface area (Å²) in [5.41, 5.74) is 2.67. The van der Waals surface area contributed by atoms with Crippen molar-refractivity contribution in [3.63, 3.8) is 0 Å². The third-order valence-electron chi connectivity index (χ3n) is 6.26. The Balaban J connectivity index is 1.69. The van der Waals surface area contributed by atoms with E-state index in [0.29, 0.717) is 27.1 Å². The van der Waals surface area contributed by atoms with Crippen molar-refractivity contribution in [3.8, 4) is 17.1 Å². The number of hydrogen-bond donors (Lipinski definition) is 1. The fourth-order valence-electron chi connectivity index (χ4n) is 4.10. The number of thiophene rings is 1. The number of aryl methyl sites for hydroxylation is 2. The summed E-state index contributed by atoms with van der Waals surface area (Å²) >= 11 is 6.94. The van der Waals surface area contributed by atoms with Gasteiger partial charge in [-0.05, 0) is 87.7 Å². The second-order valence-electron chi connectivity index (χ2n) is 9.07. The molecule has 4 rings (SSSR count). The van der Waals surface area contributed by atoms with Gasteiger partial charge in [-0.3, -0.25) is 9.59 Å². The van der Waals surface area contributed by atoms with E-state index in [9.17, 15) is 19.2 Å². The van der Waals surface area contributed by atoms with Crippen molar-refractivity contribution in [1.82, 2.24) is 0 Å². The lowest BCUT2D eigenvalue weighted by molar-refractivity contribution is -0.118. The summed E-state index contributed by atoms with van der Waals surface area (Å²) in [6.45, 7) is 8.33. The molecule has 0 saturated heterocycles. The normalized spacial score (nSPS) is 10.9. The Morgan fingerprint density at radius 3 is 2.24 bits per heavy atom. The molecule has 0 fully saturated rings. The van der Waals surface area contributed by atoms with E-state index >= 15 is 0 Å². The Morgan fingerprint density at radius 2 is 1.59 bits per heavy atom. The first kappa shape index (κ1) is 29.8. The van der Waals surface area contributed by atoms with Gasteiger partial charge in [-0.15, -0.1) is 11.3 Å². The zero-order valence-corrected chi connectivity index (χ0v) is 24.7. The van der Waals surface area contributed by atoms with Crippen LogP contribution in [0.2, 0.25) is 5.02 Å². The Morgan fingerprint density at radius 1 is 0.951 bits per heavy atom. The van der Waals surface area contributed by atoms with Gasteiger partial charge in [0.15, 0.2) is 12.4 Å². The maximum absolute atomic E-state index is 13.6. The molecular formula is C30H28ClNO8S. The first-order valence-electron chi connectivity index (χ1n) is 12.8. The summed E-state index contributed by atoms with van der Waals surface area (Å²) in [6, 6.07) is 10.1. The van der Waals surface area contributed by atoms with Gasteiger partial charge in [0.25, 0.3) is 5.91 Å². The molecular weight excluding hydrogens is 570 g/mol. The molecule has 0 unspecified atom stereocenters. The van der Waals surface area contributed by atoms with Crippen LogP contribution in [-0.4, -0.2) is 37.7 Å². The predicted molar refractivity (Wildman–Crippen MR) is 157 cm³/mol. The summed E-state index contributed by atoms with van der Waals surface area (Å²) < 4.78 is 22.1. The van der Waals surface area contributed by atoms with Gasteiger partial charge < -0.3 is 23.9 Å². The number of rotatable bonds is 9. The molecule has 0 aliphatic heterocycles. The number of halogens is 1. The first-order chi connectivity index (χ1) is 19.5. The van der Waals surface area contributed by atoms with E-state index in [-0.39, 0.29) is 40.2 Å². The molecule has 0 radical (unpaired) electrons. The van der Waals surface area contributed by atoms with Gasteiger partial charge in [-0.1, -0.05) is 11.6 Å². The van der Waals surface area contributed by atoms with Crippen molar-refractivity contribution in [1.29, 1.82) is 0 Å². The van der Waals surface area contributed by atoms with E-state index in [1.54, 1.807) is 57.2 Å². The van der Waals surface area contributed by atoms with Gasteiger partial charge >= 0.3 is 11.9 Å². The monoisotopic (exact) mass is 597 g/mol. The van der Waals surface area contributed by atoms with Crippen LogP contribution in [0, 0.1) is 20.8 Å². The standard InChI is InChI=1S/C30H28ClNO8S/c1-6-37-29(35)23-17(5)27(30(36)38-7-2)41-28(23)32-22(33)14-39-26-24(34)20-12-15(3)16(4)13-21(20)40-25(26)18-8-10-19(31)11-9-18/h8-13H,6-7,14H2,1-5H3,(H,32,33). The average molecular weight is 598 g/mol. The number of carbonyl (C=O) groups is 3. The van der Waals surface area contributed by atoms with Gasteiger partial charge in [0.2, 0.25) is 11.2 Å². The summed E-state index contributed by atoms with van der Waals surface area (Å²) in [7, 11) is 0. The summed E-state index contributed by atoms with van der Waals surface area (Å²) in [5, 5.41) is 3.52. The van der Waals surface area contributed by atoms with E-state index in [0.717, 1.165) is 22.5 Å². The van der Waals surface area contributed by atoms with Crippen LogP contribution in [0.5, 0.6) is 5.75 Å². The molecule has 1 amide bonds. The van der Waals surface area contributed by atoms with Crippen LogP contribution in [0.15, 0.2) is 45.6 Å². The number of ether oxygens (including phenoxy) is 3. The topological polar surface area (TPSA) is 121 Å². The molecule has 0 spiro atoms. The lowest BCUT2D eigenvalue weighted by Crippen LogP contribution is -2.23. The zero-order valence-electron chi connectivity index (χ0n) is 23.1. The van der Waals surface area contributed by atoms with E-state index in [2.05, 4.69) is 5.32 Å². The zero-order chi connectivity index (χ0) is 29.8. The second kappa shape index (κ2) is 12.6. The Bertz CT molecular complexity index is 1700. The fourth-order valence-corrected chi connectivity index (χ4v) is 5.33. The molecule has 11 heteroatoms. The molecule has 1 N–H and O–H groups in total. The van der Waals surface area contributed by atoms with E-state index < -0.39 is 29.9 Å². The van der Waals surface area contributed by atoms with Crippen molar-refractivity contribution >= 4 is 56.8 Å². The highest BCUT2D eigenvalue weighted by atomic mass is 35.5. The number of nitrogens with one attached hydrogen (secondary N) is 1. The van der Waals surface area contributed by atoms with Gasteiger partial charge in [0.1, 0.15) is 15.5 Å². The number of carbonyl (C=O) groups excluding carboxylic acids is 3. The molecule has 2 heterocycles. The largest absolute Gasteiger partial charge is 0.476 e. The SMILES string of the molecule is CCOC(=O)c1sc(NC(=O)COc2c(-c3ccc(Cl)cc3)oc3cc(C)c(C)cc3c2=O)c(C(=O)OCC)c1C. The second-order valence-corrected chi connectivity index (χ2v) is 10.5. The number of hydrogen-bond acceptors (Lipinski definition) is 9. The Kier molecular flexibility index (Phi) is 9.14. The number of anilines is 1. The van der Waals surface area contributed by atoms with Crippen molar-refractivity contribution in [3.05, 3.63) is 78.8 Å². The third-order valence-corrected chi connectivity index (χ3v) is 7.70. The van der Waals surface area contributed by atoms with Crippen molar-refractivity contribution in [2.75, 3.05) is 25.1 Å². The van der Waals surface area contributed by atoms with Crippen LogP contribution >= 0.6 is 22.9 Å². The number of esters is 2. The predicted octanol–water partition coefficient (Wildman–Crippen LogP) is 6.47. The molecule has 4 aromatic rings. The molecule has 9 nitrogen and oxygen atoms in total. The van der Waals surface area contributed by atoms with Gasteiger partial charge in [0.05, 0.1) is 24.2 Å². The molecule has 41 heavy (non-hydrogen) atoms. The average Bonchev–Trinajstić information content (AvgIpc) is 3.25. The molecule has 0 aliphatic carbocycles. The lowest BCUT2D eigenvalue weighted by atomic mass is 10.0. The summed E-state index contributed by atoms with van der Waals surface area (Å²) in [4.78, 5) is 51.9. The van der Waals surface area contributed by atoms with E-state index in [4.69, 9.17) is 30.2 Å². The molecule has 2 aromatic carbocycles. The highest BCUT2D eigenvalue weighted by Gasteiger charge is 2.28. The van der Waals surface area contributed by atoms with E-state index in [1.807, 2.05) is 13.8 Å². The Labute approximate surface area is 245 Å². The molecule has 0 saturated carbocycles. The fraction of sp³-hybridized carbons (Fsp3) is 0.267. The summed E-state index contributed by atoms with van der Waals surface area (Å²) in [6.07, 6.45) is 0. The van der Waals surface area contributed by atoms with Crippen LogP contribution in [0.1, 0.15) is 50.6 Å². The lowest BCUT2D eigenvalue weighted by Gasteiger charge is -2.13. The number of amides is 1. The van der Waals surface area contributed by atoms with Crippen LogP contribution in [0.3, 0.4) is 0 Å². The van der Waals surface area contributed by atoms with Gasteiger partial charge in [-0.2, -0.15) is 0 Å². The molecule has 214 valence electrons. The molecule has 0 atom stereocenters. The first-order valence-corrected chi connectivity index (χ1v) is 14.0. The minimum Gasteiger partial charge on any atom is -0.476 e. The Hall–Kier alpha value is -4.15. The van der Waals surface area contributed by atoms with Crippen molar-refractivity contribution < 1.29 is 33.0 Å². The maximum atomic E-state index is 13.6. The minimum absolute atomic E-state index is 0.0474. The van der Waals surface area contributed by atoms with Crippen LogP contribution in [-0.2, 0) is 14.3 Å². The van der Waals surface area contributed by atoms with Crippen molar-refractivity contribution in [2.24, 2.45) is 0 Å². The summed E-state index contributed by atoms with van der Waals surface area (Å²) in [5.74, 6) is -2.01. The van der Waals surface area contributed by atoms with E-state index in [1.165, 1.54) is 0 Å². The van der Waals surface area contributed by atoms with Crippen molar-refractivity contribution in [2.45, 2.75) is 34.6 Å². The van der Waals surface area contributed by atoms with Gasteiger partial charge in [0, 0.05) is 10.6 Å². The minimum atomic E-state index is -0.695. The number of fused-ring (bicyclic) bond motifs is 1. The molecule has 0 bridgehead atoms. The number of benzene rings is 2. The smallest absolute Gasteiger partial charge is 0.348 e. The quantitative estimate of drug-likeness (QED) is 0.218. The molecule has 0 aliphatic rings. The van der Waals surface area contributed by atoms with Crippen LogP contribution in [0.4, 0.5) is 5.00 Å². The molecule has 2 aromatic heterocycles. The highest BCUT2D eigenvalue weighted by Crippen LogP contribution is 2.35. The van der Waals surface area contributed by atoms with Crippen LogP contribution in [0.25, 0.3) is 22.3 Å². The highest BCUT2D eigenvalue weighted by molar-refractivity contribution is 7.18. The van der Waals surface area contributed by atoms with Crippen LogP contribution < -0.4 is 15.5 Å². The third kappa shape index (κ3) is 6.28. The maximum Gasteiger partial charge on any atom is 0.348 e. The van der Waals surface area contributed by atoms with Gasteiger partial charge in [-0.25, -0.2) is 9.59 Å².